The van der Waals surface area contributed by atoms with Crippen molar-refractivity contribution in [3.05, 3.63) is 91.4 Å². The molecular weight excluding hydrogens is 346 g/mol. The monoisotopic (exact) mass is 361 g/mol. The number of benzene rings is 3. The van der Waals surface area contributed by atoms with Gasteiger partial charge in [-0.25, -0.2) is 9.97 Å². The van der Waals surface area contributed by atoms with Crippen LogP contribution in [0.2, 0.25) is 0 Å². The molecule has 4 heteroatoms. The van der Waals surface area contributed by atoms with Crippen molar-refractivity contribution in [3.63, 3.8) is 0 Å². The molecule has 0 atom stereocenters. The lowest BCUT2D eigenvalue weighted by molar-refractivity contribution is 0.572. The maximum absolute atomic E-state index is 5.46. The van der Waals surface area contributed by atoms with E-state index in [2.05, 4.69) is 53.1 Å². The Morgan fingerprint density at radius 3 is 1.96 bits per heavy atom. The molecule has 132 valence electrons. The first-order valence-electron chi connectivity index (χ1n) is 9.18. The highest BCUT2D eigenvalue weighted by Gasteiger charge is 2.17. The Hall–Kier alpha value is -3.92. The van der Waals surface area contributed by atoms with Gasteiger partial charge < -0.3 is 4.42 Å². The number of fused-ring (bicyclic) bond motifs is 4. The standard InChI is InChI=1S/C24H15N3O/c1-2-8-16(9-3-1)23-19-14-28-15-20(19)25-24(26-23)27-21-12-6-4-10-17(21)18-11-5-7-13-22(18)27/h1-15H. The van der Waals surface area contributed by atoms with Crippen LogP contribution >= 0.6 is 0 Å². The zero-order chi connectivity index (χ0) is 18.5. The first kappa shape index (κ1) is 15.2. The highest BCUT2D eigenvalue weighted by Crippen LogP contribution is 2.33. The fraction of sp³-hybridized carbons (Fsp3) is 0. The lowest BCUT2D eigenvalue weighted by Gasteiger charge is -2.09. The molecule has 3 aromatic heterocycles. The average Bonchev–Trinajstić information content (AvgIpc) is 3.36. The fourth-order valence-corrected chi connectivity index (χ4v) is 3.90. The summed E-state index contributed by atoms with van der Waals surface area (Å²) in [7, 11) is 0. The summed E-state index contributed by atoms with van der Waals surface area (Å²) in [5.41, 5.74) is 4.89. The quantitative estimate of drug-likeness (QED) is 0.381. The van der Waals surface area contributed by atoms with Gasteiger partial charge in [0.15, 0.2) is 0 Å². The molecule has 0 amide bonds. The zero-order valence-corrected chi connectivity index (χ0v) is 14.9. The molecule has 0 N–H and O–H groups in total. The molecule has 0 unspecified atom stereocenters. The number of furan rings is 1. The summed E-state index contributed by atoms with van der Waals surface area (Å²) in [6.45, 7) is 0. The predicted molar refractivity (Wildman–Crippen MR) is 112 cm³/mol. The van der Waals surface area contributed by atoms with E-state index in [0.717, 1.165) is 33.2 Å². The fourth-order valence-electron chi connectivity index (χ4n) is 3.90. The number of para-hydroxylation sites is 2. The van der Waals surface area contributed by atoms with Crippen molar-refractivity contribution >= 4 is 32.7 Å². The van der Waals surface area contributed by atoms with Gasteiger partial charge in [-0.15, -0.1) is 0 Å². The van der Waals surface area contributed by atoms with Crippen LogP contribution in [0.1, 0.15) is 0 Å². The molecule has 0 saturated carbocycles. The molecule has 0 saturated heterocycles. The Kier molecular flexibility index (Phi) is 3.14. The van der Waals surface area contributed by atoms with Gasteiger partial charge in [0.2, 0.25) is 5.95 Å². The third-order valence-electron chi connectivity index (χ3n) is 5.16. The van der Waals surface area contributed by atoms with Gasteiger partial charge in [-0.1, -0.05) is 66.7 Å². The normalized spacial score (nSPS) is 11.6. The van der Waals surface area contributed by atoms with Gasteiger partial charge >= 0.3 is 0 Å². The number of hydrogen-bond acceptors (Lipinski definition) is 3. The Morgan fingerprint density at radius 2 is 1.25 bits per heavy atom. The molecule has 3 heterocycles. The van der Waals surface area contributed by atoms with Crippen LogP contribution in [0.4, 0.5) is 0 Å². The Labute approximate surface area is 160 Å². The minimum Gasteiger partial charge on any atom is -0.470 e. The molecule has 0 aliphatic rings. The minimum atomic E-state index is 0.644. The van der Waals surface area contributed by atoms with Crippen LogP contribution in [-0.4, -0.2) is 14.5 Å². The summed E-state index contributed by atoms with van der Waals surface area (Å²) < 4.78 is 7.59. The second-order valence-electron chi connectivity index (χ2n) is 6.78. The van der Waals surface area contributed by atoms with E-state index in [1.165, 1.54) is 10.8 Å². The van der Waals surface area contributed by atoms with Crippen molar-refractivity contribution in [1.82, 2.24) is 14.5 Å². The van der Waals surface area contributed by atoms with Crippen LogP contribution in [0.15, 0.2) is 95.8 Å². The van der Waals surface area contributed by atoms with Crippen LogP contribution in [0.3, 0.4) is 0 Å². The second-order valence-corrected chi connectivity index (χ2v) is 6.78. The second kappa shape index (κ2) is 5.79. The van der Waals surface area contributed by atoms with E-state index in [4.69, 9.17) is 14.4 Å². The molecule has 0 spiro atoms. The van der Waals surface area contributed by atoms with E-state index >= 15 is 0 Å². The van der Waals surface area contributed by atoms with E-state index in [-0.39, 0.29) is 0 Å². The molecule has 0 aliphatic carbocycles. The lowest BCUT2D eigenvalue weighted by atomic mass is 10.1. The van der Waals surface area contributed by atoms with Crippen LogP contribution in [-0.2, 0) is 0 Å². The number of nitrogens with zero attached hydrogens (tertiary/aromatic N) is 3. The maximum Gasteiger partial charge on any atom is 0.235 e. The third kappa shape index (κ3) is 2.12. The summed E-state index contributed by atoms with van der Waals surface area (Å²) in [6, 6.07) is 26.9. The molecule has 6 aromatic rings. The van der Waals surface area contributed by atoms with Gasteiger partial charge in [-0.3, -0.25) is 4.57 Å². The van der Waals surface area contributed by atoms with Crippen molar-refractivity contribution in [2.75, 3.05) is 0 Å². The number of aromatic nitrogens is 3. The summed E-state index contributed by atoms with van der Waals surface area (Å²) in [4.78, 5) is 9.80. The van der Waals surface area contributed by atoms with E-state index in [9.17, 15) is 0 Å². The average molecular weight is 361 g/mol. The van der Waals surface area contributed by atoms with Gasteiger partial charge in [0.1, 0.15) is 18.0 Å². The minimum absolute atomic E-state index is 0.644. The topological polar surface area (TPSA) is 43.9 Å². The van der Waals surface area contributed by atoms with Crippen molar-refractivity contribution < 1.29 is 4.42 Å². The molecule has 6 rings (SSSR count). The van der Waals surface area contributed by atoms with Crippen LogP contribution in [0.5, 0.6) is 0 Å². The van der Waals surface area contributed by atoms with E-state index < -0.39 is 0 Å². The highest BCUT2D eigenvalue weighted by atomic mass is 16.3. The van der Waals surface area contributed by atoms with Crippen LogP contribution in [0.25, 0.3) is 49.9 Å². The van der Waals surface area contributed by atoms with Gasteiger partial charge in [-0.05, 0) is 12.1 Å². The Morgan fingerprint density at radius 1 is 0.607 bits per heavy atom. The Balaban J connectivity index is 1.74. The zero-order valence-electron chi connectivity index (χ0n) is 14.9. The van der Waals surface area contributed by atoms with Crippen molar-refractivity contribution in [1.29, 1.82) is 0 Å². The van der Waals surface area contributed by atoms with Crippen LogP contribution in [0, 0.1) is 0 Å². The maximum atomic E-state index is 5.46. The molecule has 0 aliphatic heterocycles. The van der Waals surface area contributed by atoms with Crippen LogP contribution < -0.4 is 0 Å². The molecule has 0 bridgehead atoms. The molecular formula is C24H15N3O. The van der Waals surface area contributed by atoms with Crippen molar-refractivity contribution in [3.8, 4) is 17.2 Å². The smallest absolute Gasteiger partial charge is 0.235 e. The molecule has 0 radical (unpaired) electrons. The van der Waals surface area contributed by atoms with Crippen molar-refractivity contribution in [2.24, 2.45) is 0 Å². The number of rotatable bonds is 2. The van der Waals surface area contributed by atoms with E-state index in [0.29, 0.717) is 5.95 Å². The van der Waals surface area contributed by atoms with Gasteiger partial charge in [0.05, 0.1) is 22.1 Å². The van der Waals surface area contributed by atoms with Crippen molar-refractivity contribution in [2.45, 2.75) is 0 Å². The first-order chi connectivity index (χ1) is 13.9. The van der Waals surface area contributed by atoms with E-state index in [1.807, 2.05) is 30.3 Å². The van der Waals surface area contributed by atoms with Gasteiger partial charge in [-0.2, -0.15) is 0 Å². The van der Waals surface area contributed by atoms with E-state index in [1.54, 1.807) is 12.5 Å². The lowest BCUT2D eigenvalue weighted by Crippen LogP contribution is -2.02. The molecule has 0 fully saturated rings. The summed E-state index contributed by atoms with van der Waals surface area (Å²) in [5, 5.41) is 3.29. The largest absolute Gasteiger partial charge is 0.470 e. The molecule has 4 nitrogen and oxygen atoms in total. The number of hydrogen-bond donors (Lipinski definition) is 0. The van der Waals surface area contributed by atoms with Gasteiger partial charge in [0.25, 0.3) is 0 Å². The highest BCUT2D eigenvalue weighted by molar-refractivity contribution is 6.09. The third-order valence-corrected chi connectivity index (χ3v) is 5.16. The predicted octanol–water partition coefficient (Wildman–Crippen LogP) is 5.99. The first-order valence-corrected chi connectivity index (χ1v) is 9.18. The molecule has 28 heavy (non-hydrogen) atoms. The Bertz CT molecular complexity index is 1410. The van der Waals surface area contributed by atoms with Gasteiger partial charge in [0, 0.05) is 16.3 Å². The summed E-state index contributed by atoms with van der Waals surface area (Å²) in [5.74, 6) is 0.644. The SMILES string of the molecule is c1ccc(-c2nc(-n3c4ccccc4c4ccccc43)nc3cocc23)cc1. The summed E-state index contributed by atoms with van der Waals surface area (Å²) in [6.07, 6.45) is 3.40. The summed E-state index contributed by atoms with van der Waals surface area (Å²) >= 11 is 0. The molecule has 3 aromatic carbocycles.